The molecule has 0 atom stereocenters. The van der Waals surface area contributed by atoms with Crippen LogP contribution in [0.4, 0.5) is 22.7 Å². The van der Waals surface area contributed by atoms with Gasteiger partial charge >= 0.3 is 0 Å². The molecule has 1 N–H and O–H groups in total. The zero-order valence-corrected chi connectivity index (χ0v) is 31.2. The van der Waals surface area contributed by atoms with Crippen molar-refractivity contribution in [3.8, 4) is 34.1 Å². The van der Waals surface area contributed by atoms with Crippen molar-refractivity contribution in [1.82, 2.24) is 9.55 Å². The lowest BCUT2D eigenvalue weighted by Gasteiger charge is -2.29. The van der Waals surface area contributed by atoms with Crippen molar-refractivity contribution in [3.05, 3.63) is 138 Å². The van der Waals surface area contributed by atoms with Crippen LogP contribution in [0.3, 0.4) is 0 Å². The van der Waals surface area contributed by atoms with E-state index in [4.69, 9.17) is 4.98 Å². The van der Waals surface area contributed by atoms with Crippen LogP contribution >= 0.6 is 0 Å². The van der Waals surface area contributed by atoms with Crippen LogP contribution in [-0.4, -0.2) is 21.3 Å². The minimum absolute atomic E-state index is 0.217. The molecule has 7 rings (SSSR count). The molecule has 5 heteroatoms. The van der Waals surface area contributed by atoms with Crippen molar-refractivity contribution in [2.24, 2.45) is 0 Å². The van der Waals surface area contributed by atoms with E-state index in [0.29, 0.717) is 35.9 Å². The molecule has 0 aliphatic carbocycles. The lowest BCUT2D eigenvalue weighted by atomic mass is 9.92. The zero-order valence-electron chi connectivity index (χ0n) is 31.2. The number of benzene rings is 5. The summed E-state index contributed by atoms with van der Waals surface area (Å²) in [5, 5.41) is 11.1. The number of para-hydroxylation sites is 5. The fourth-order valence-corrected chi connectivity index (χ4v) is 7.62. The SMILES string of the molecule is CC(C)c1cccc(C(C)C)c1N1CN(c2cccc(-c3cn(-c4c(C(C)C)cccc4C(C)C)c(-c4ccccc4O)n3)c2)c2ccccc21. The molecule has 0 saturated heterocycles. The highest BCUT2D eigenvalue weighted by atomic mass is 16.3. The monoisotopic (exact) mass is 674 g/mol. The number of aromatic nitrogens is 2. The number of imidazole rings is 1. The Balaban J connectivity index is 1.37. The highest BCUT2D eigenvalue weighted by Gasteiger charge is 2.32. The van der Waals surface area contributed by atoms with E-state index in [9.17, 15) is 5.11 Å². The van der Waals surface area contributed by atoms with Gasteiger partial charge in [-0.2, -0.15) is 0 Å². The summed E-state index contributed by atoms with van der Waals surface area (Å²) in [4.78, 5) is 10.2. The van der Waals surface area contributed by atoms with Gasteiger partial charge < -0.3 is 14.9 Å². The van der Waals surface area contributed by atoms with E-state index in [1.54, 1.807) is 6.07 Å². The summed E-state index contributed by atoms with van der Waals surface area (Å²) < 4.78 is 2.21. The fraction of sp³-hybridized carbons (Fsp3) is 0.283. The Morgan fingerprint density at radius 3 is 1.63 bits per heavy atom. The van der Waals surface area contributed by atoms with Crippen LogP contribution < -0.4 is 9.80 Å². The van der Waals surface area contributed by atoms with Gasteiger partial charge in [0.2, 0.25) is 0 Å². The summed E-state index contributed by atoms with van der Waals surface area (Å²) >= 11 is 0. The summed E-state index contributed by atoms with van der Waals surface area (Å²) in [5.74, 6) is 2.35. The molecule has 51 heavy (non-hydrogen) atoms. The molecular weight excluding hydrogens is 625 g/mol. The molecule has 0 spiro atoms. The molecule has 5 aromatic carbocycles. The van der Waals surface area contributed by atoms with Crippen LogP contribution in [0.1, 0.15) is 101 Å². The van der Waals surface area contributed by atoms with Crippen molar-refractivity contribution < 1.29 is 5.11 Å². The summed E-state index contributed by atoms with van der Waals surface area (Å²) in [6.07, 6.45) is 2.16. The lowest BCUT2D eigenvalue weighted by molar-refractivity contribution is 0.477. The van der Waals surface area contributed by atoms with Crippen molar-refractivity contribution in [2.75, 3.05) is 16.5 Å². The van der Waals surface area contributed by atoms with E-state index >= 15 is 0 Å². The number of anilines is 4. The van der Waals surface area contributed by atoms with Gasteiger partial charge in [0, 0.05) is 23.1 Å². The van der Waals surface area contributed by atoms with Crippen LogP contribution in [0.2, 0.25) is 0 Å². The summed E-state index contributed by atoms with van der Waals surface area (Å²) in [5.41, 5.74) is 13.8. The van der Waals surface area contributed by atoms with E-state index in [1.807, 2.05) is 18.2 Å². The highest BCUT2D eigenvalue weighted by Crippen LogP contribution is 2.48. The van der Waals surface area contributed by atoms with Crippen molar-refractivity contribution in [3.63, 3.8) is 0 Å². The molecule has 6 aromatic rings. The molecule has 2 heterocycles. The third kappa shape index (κ3) is 6.20. The largest absolute Gasteiger partial charge is 0.507 e. The van der Waals surface area contributed by atoms with E-state index in [0.717, 1.165) is 28.5 Å². The Morgan fingerprint density at radius 1 is 0.549 bits per heavy atom. The van der Waals surface area contributed by atoms with Crippen molar-refractivity contribution in [1.29, 1.82) is 0 Å². The van der Waals surface area contributed by atoms with Gasteiger partial charge in [-0.3, -0.25) is 4.57 Å². The number of hydrogen-bond donors (Lipinski definition) is 1. The average molecular weight is 675 g/mol. The minimum Gasteiger partial charge on any atom is -0.507 e. The molecule has 0 bridgehead atoms. The number of phenols is 1. The van der Waals surface area contributed by atoms with Gasteiger partial charge in [0.05, 0.1) is 28.3 Å². The Hall–Kier alpha value is -5.29. The Morgan fingerprint density at radius 2 is 1.06 bits per heavy atom. The normalized spacial score (nSPS) is 12.9. The van der Waals surface area contributed by atoms with Gasteiger partial charge in [-0.15, -0.1) is 0 Å². The molecule has 1 aliphatic rings. The van der Waals surface area contributed by atoms with E-state index in [1.165, 1.54) is 39.3 Å². The number of phenolic OH excluding ortho intramolecular Hbond substituents is 1. The van der Waals surface area contributed by atoms with Gasteiger partial charge in [-0.05, 0) is 82.3 Å². The highest BCUT2D eigenvalue weighted by molar-refractivity contribution is 5.89. The second-order valence-electron chi connectivity index (χ2n) is 15.1. The second kappa shape index (κ2) is 13.8. The van der Waals surface area contributed by atoms with Gasteiger partial charge in [-0.25, -0.2) is 4.98 Å². The third-order valence-electron chi connectivity index (χ3n) is 10.2. The summed E-state index contributed by atoms with van der Waals surface area (Å²) in [6.45, 7) is 18.8. The first-order chi connectivity index (χ1) is 24.5. The van der Waals surface area contributed by atoms with Gasteiger partial charge in [0.15, 0.2) is 0 Å². The topological polar surface area (TPSA) is 44.5 Å². The zero-order chi connectivity index (χ0) is 36.0. The predicted octanol–water partition coefficient (Wildman–Crippen LogP) is 12.7. The maximum Gasteiger partial charge on any atom is 0.148 e. The molecule has 1 aliphatic heterocycles. The Bertz CT molecular complexity index is 2140. The van der Waals surface area contributed by atoms with E-state index in [-0.39, 0.29) is 5.75 Å². The van der Waals surface area contributed by atoms with Crippen LogP contribution in [0, 0.1) is 0 Å². The average Bonchev–Trinajstić information content (AvgIpc) is 3.74. The van der Waals surface area contributed by atoms with Crippen molar-refractivity contribution >= 4 is 22.7 Å². The van der Waals surface area contributed by atoms with Gasteiger partial charge in [-0.1, -0.05) is 128 Å². The molecule has 1 aromatic heterocycles. The smallest absolute Gasteiger partial charge is 0.148 e. The molecule has 0 radical (unpaired) electrons. The molecule has 260 valence electrons. The molecule has 0 saturated carbocycles. The number of hydrogen-bond acceptors (Lipinski definition) is 4. The Labute approximate surface area is 303 Å². The first-order valence-electron chi connectivity index (χ1n) is 18.4. The van der Waals surface area contributed by atoms with Gasteiger partial charge in [0.1, 0.15) is 18.2 Å². The quantitative estimate of drug-likeness (QED) is 0.166. The Kier molecular flexibility index (Phi) is 9.24. The van der Waals surface area contributed by atoms with E-state index in [2.05, 4.69) is 161 Å². The molecule has 0 unspecified atom stereocenters. The maximum absolute atomic E-state index is 11.1. The standard InChI is InChI=1S/C46H50N4O/c1-29(2)35-19-14-20-36(30(3)4)44(35)48-27-40(47-46(48)39-18-9-12-25-43(39)51)33-16-13-17-34(26-33)49-28-50(42-24-11-10-23-41(42)49)45-37(31(5)6)21-15-22-38(45)32(7)8/h9-27,29-32,51H,28H2,1-8H3. The number of aromatic hydroxyl groups is 1. The number of fused-ring (bicyclic) bond motifs is 1. The van der Waals surface area contributed by atoms with Gasteiger partial charge in [0.25, 0.3) is 0 Å². The molecule has 0 fully saturated rings. The third-order valence-corrected chi connectivity index (χ3v) is 10.2. The first-order valence-corrected chi connectivity index (χ1v) is 18.4. The van der Waals surface area contributed by atoms with Crippen molar-refractivity contribution in [2.45, 2.75) is 79.1 Å². The lowest BCUT2D eigenvalue weighted by Crippen LogP contribution is -2.26. The molecule has 5 nitrogen and oxygen atoms in total. The van der Waals surface area contributed by atoms with Crippen LogP contribution in [-0.2, 0) is 0 Å². The second-order valence-corrected chi connectivity index (χ2v) is 15.1. The van der Waals surface area contributed by atoms with Crippen LogP contribution in [0.15, 0.2) is 115 Å². The van der Waals surface area contributed by atoms with E-state index < -0.39 is 0 Å². The minimum atomic E-state index is 0.217. The fourth-order valence-electron chi connectivity index (χ4n) is 7.62. The summed E-state index contributed by atoms with van der Waals surface area (Å²) in [6, 6.07) is 38.4. The summed E-state index contributed by atoms with van der Waals surface area (Å²) in [7, 11) is 0. The number of nitrogens with zero attached hydrogens (tertiary/aromatic N) is 4. The molecular formula is C46H50N4O. The van der Waals surface area contributed by atoms with Crippen LogP contribution in [0.25, 0.3) is 28.3 Å². The maximum atomic E-state index is 11.1. The predicted molar refractivity (Wildman–Crippen MR) is 214 cm³/mol. The number of rotatable bonds is 9. The molecule has 0 amide bonds. The van der Waals surface area contributed by atoms with Crippen LogP contribution in [0.5, 0.6) is 5.75 Å². The first kappa shape index (κ1) is 34.2.